The number of aromatic nitrogens is 4. The predicted octanol–water partition coefficient (Wildman–Crippen LogP) is 2.91. The number of methoxy groups -OCH3 is 1. The van der Waals surface area contributed by atoms with Gasteiger partial charge in [0, 0.05) is 83.1 Å². The molecule has 0 radical (unpaired) electrons. The summed E-state index contributed by atoms with van der Waals surface area (Å²) >= 11 is 6.22. The van der Waals surface area contributed by atoms with E-state index in [0.717, 1.165) is 54.6 Å². The van der Waals surface area contributed by atoms with Gasteiger partial charge in [-0.2, -0.15) is 5.10 Å². The third-order valence-electron chi connectivity index (χ3n) is 6.80. The molecule has 0 saturated carbocycles. The highest BCUT2D eigenvalue weighted by Gasteiger charge is 2.28. The molecule has 1 aromatic carbocycles. The maximum absolute atomic E-state index is 14.6. The number of benzene rings is 1. The van der Waals surface area contributed by atoms with E-state index in [0.29, 0.717) is 42.4 Å². The fraction of sp³-hybridized carbons (Fsp3) is 0.440. The third-order valence-corrected chi connectivity index (χ3v) is 7.10. The summed E-state index contributed by atoms with van der Waals surface area (Å²) in [6, 6.07) is 2.98. The maximum atomic E-state index is 14.6. The van der Waals surface area contributed by atoms with Gasteiger partial charge in [0.15, 0.2) is 5.82 Å². The van der Waals surface area contributed by atoms with Gasteiger partial charge in [-0.3, -0.25) is 14.4 Å². The number of rotatable bonds is 5. The van der Waals surface area contributed by atoms with Gasteiger partial charge in [0.2, 0.25) is 5.91 Å². The van der Waals surface area contributed by atoms with Crippen molar-refractivity contribution < 1.29 is 13.9 Å². The van der Waals surface area contributed by atoms with Crippen LogP contribution in [0.1, 0.15) is 23.9 Å². The van der Waals surface area contributed by atoms with E-state index in [1.807, 2.05) is 13.2 Å². The first-order chi connectivity index (χ1) is 17.3. The van der Waals surface area contributed by atoms with Gasteiger partial charge in [-0.25, -0.2) is 14.4 Å². The van der Waals surface area contributed by atoms with Gasteiger partial charge in [0.05, 0.1) is 36.3 Å². The zero-order valence-electron chi connectivity index (χ0n) is 20.7. The Bertz CT molecular complexity index is 1290. The molecule has 9 nitrogen and oxygen atoms in total. The smallest absolute Gasteiger partial charge is 0.219 e. The molecule has 3 aromatic rings. The number of carbonyl (C=O) groups is 1. The second kappa shape index (κ2) is 10.0. The minimum Gasteiger partial charge on any atom is -0.495 e. The molecule has 0 unspecified atom stereocenters. The van der Waals surface area contributed by atoms with Gasteiger partial charge < -0.3 is 14.5 Å². The molecule has 36 heavy (non-hydrogen) atoms. The first-order valence-electron chi connectivity index (χ1n) is 12.0. The molecule has 0 aliphatic carbocycles. The van der Waals surface area contributed by atoms with Crippen LogP contribution in [0.25, 0.3) is 11.3 Å². The Balaban J connectivity index is 1.37. The number of amides is 1. The molecule has 0 spiro atoms. The lowest BCUT2D eigenvalue weighted by Gasteiger charge is -2.37. The fourth-order valence-electron chi connectivity index (χ4n) is 4.75. The first-order valence-corrected chi connectivity index (χ1v) is 12.3. The number of hydrogen-bond donors (Lipinski definition) is 0. The van der Waals surface area contributed by atoms with Crippen LogP contribution in [0.2, 0.25) is 5.02 Å². The van der Waals surface area contributed by atoms with Crippen LogP contribution in [0.15, 0.2) is 24.5 Å². The number of halogens is 2. The van der Waals surface area contributed by atoms with Gasteiger partial charge in [-0.1, -0.05) is 11.6 Å². The monoisotopic (exact) mass is 513 g/mol. The van der Waals surface area contributed by atoms with Gasteiger partial charge in [-0.05, 0) is 6.07 Å². The normalized spacial score (nSPS) is 16.2. The van der Waals surface area contributed by atoms with E-state index in [1.165, 1.54) is 13.2 Å². The Hall–Kier alpha value is -3.24. The van der Waals surface area contributed by atoms with Crippen molar-refractivity contribution in [1.82, 2.24) is 29.5 Å². The topological polar surface area (TPSA) is 79.6 Å². The summed E-state index contributed by atoms with van der Waals surface area (Å²) in [7, 11) is 3.35. The average molecular weight is 514 g/mol. The Morgan fingerprint density at radius 2 is 1.92 bits per heavy atom. The summed E-state index contributed by atoms with van der Waals surface area (Å²) in [5.41, 5.74) is 3.99. The summed E-state index contributed by atoms with van der Waals surface area (Å²) in [5, 5.41) is 4.73. The Morgan fingerprint density at radius 1 is 1.14 bits per heavy atom. The lowest BCUT2D eigenvalue weighted by molar-refractivity contribution is -0.129. The molecule has 0 N–H and O–H groups in total. The summed E-state index contributed by atoms with van der Waals surface area (Å²) in [6.07, 6.45) is 4.40. The van der Waals surface area contributed by atoms with E-state index in [-0.39, 0.29) is 11.7 Å². The molecule has 11 heteroatoms. The molecule has 4 heterocycles. The Morgan fingerprint density at radius 3 is 2.58 bits per heavy atom. The minimum atomic E-state index is -0.322. The van der Waals surface area contributed by atoms with Crippen LogP contribution in [0.5, 0.6) is 5.75 Å². The highest BCUT2D eigenvalue weighted by molar-refractivity contribution is 6.32. The molecular weight excluding hydrogens is 485 g/mol. The molecule has 0 bridgehead atoms. The first kappa shape index (κ1) is 24.5. The largest absolute Gasteiger partial charge is 0.495 e. The summed E-state index contributed by atoms with van der Waals surface area (Å²) < 4.78 is 21.4. The van der Waals surface area contributed by atoms with Crippen molar-refractivity contribution in [1.29, 1.82) is 0 Å². The van der Waals surface area contributed by atoms with Crippen molar-refractivity contribution in [2.45, 2.75) is 26.4 Å². The van der Waals surface area contributed by atoms with E-state index >= 15 is 0 Å². The van der Waals surface area contributed by atoms with Gasteiger partial charge in [0.25, 0.3) is 0 Å². The summed E-state index contributed by atoms with van der Waals surface area (Å²) in [4.78, 5) is 28.2. The number of anilines is 1. The summed E-state index contributed by atoms with van der Waals surface area (Å²) in [5.74, 6) is 0.886. The van der Waals surface area contributed by atoms with Crippen molar-refractivity contribution in [2.24, 2.45) is 7.05 Å². The van der Waals surface area contributed by atoms with Crippen molar-refractivity contribution in [3.8, 4) is 17.0 Å². The molecular formula is C25H29ClFN7O2. The third kappa shape index (κ3) is 4.87. The van der Waals surface area contributed by atoms with Gasteiger partial charge in [-0.15, -0.1) is 0 Å². The van der Waals surface area contributed by atoms with Crippen LogP contribution < -0.4 is 9.64 Å². The zero-order chi connectivity index (χ0) is 25.4. The molecule has 5 rings (SSSR count). The predicted molar refractivity (Wildman–Crippen MR) is 134 cm³/mol. The Kier molecular flexibility index (Phi) is 6.81. The quantitative estimate of drug-likeness (QED) is 0.519. The molecule has 2 aliphatic rings. The van der Waals surface area contributed by atoms with Gasteiger partial charge in [0.1, 0.15) is 17.3 Å². The van der Waals surface area contributed by atoms with E-state index in [1.54, 1.807) is 28.8 Å². The fourth-order valence-corrected chi connectivity index (χ4v) is 5.02. The number of fused-ring (bicyclic) bond motifs is 1. The molecule has 2 aromatic heterocycles. The molecule has 1 saturated heterocycles. The van der Waals surface area contributed by atoms with Crippen molar-refractivity contribution in [2.75, 3.05) is 44.7 Å². The van der Waals surface area contributed by atoms with Crippen LogP contribution >= 0.6 is 11.6 Å². The Labute approximate surface area is 214 Å². The lowest BCUT2D eigenvalue weighted by Crippen LogP contribution is -2.47. The van der Waals surface area contributed by atoms with Crippen LogP contribution in [0.4, 0.5) is 10.2 Å². The van der Waals surface area contributed by atoms with E-state index in [4.69, 9.17) is 26.3 Å². The number of ether oxygens (including phenoxy) is 1. The van der Waals surface area contributed by atoms with Crippen molar-refractivity contribution >= 4 is 23.3 Å². The highest BCUT2D eigenvalue weighted by atomic mass is 35.5. The van der Waals surface area contributed by atoms with Crippen LogP contribution in [0, 0.1) is 5.82 Å². The molecule has 1 amide bonds. The number of carbonyl (C=O) groups excluding carboxylic acids is 1. The number of piperazine rings is 1. The molecule has 0 atom stereocenters. The average Bonchev–Trinajstić information content (AvgIpc) is 3.31. The summed E-state index contributed by atoms with van der Waals surface area (Å²) in [6.45, 7) is 6.10. The molecule has 2 aliphatic heterocycles. The van der Waals surface area contributed by atoms with Crippen molar-refractivity contribution in [3.05, 3.63) is 52.3 Å². The SMILES string of the molecule is COc1cc(F)c(CN2CCN(c3nc4c(nc3-c3cnn(C)c3)CN(C(C)=O)CC4)CC2)cc1Cl. The standard InChI is InChI=1S/C25H29ClFN7O2/c1-16(35)34-5-4-21-22(15-34)29-24(18-12-28-31(2)13-18)25(30-21)33-8-6-32(7-9-33)14-17-10-19(26)23(36-3)11-20(17)27/h10-13H,4-9,14-15H2,1-3H3. The van der Waals surface area contributed by atoms with E-state index < -0.39 is 0 Å². The lowest BCUT2D eigenvalue weighted by atomic mass is 10.1. The van der Waals surface area contributed by atoms with E-state index in [2.05, 4.69) is 14.9 Å². The second-order valence-corrected chi connectivity index (χ2v) is 9.63. The molecule has 190 valence electrons. The maximum Gasteiger partial charge on any atom is 0.219 e. The van der Waals surface area contributed by atoms with Gasteiger partial charge >= 0.3 is 0 Å². The highest BCUT2D eigenvalue weighted by Crippen LogP contribution is 2.32. The second-order valence-electron chi connectivity index (χ2n) is 9.22. The van der Waals surface area contributed by atoms with Crippen LogP contribution in [0.3, 0.4) is 0 Å². The van der Waals surface area contributed by atoms with Crippen LogP contribution in [-0.2, 0) is 31.4 Å². The van der Waals surface area contributed by atoms with Crippen LogP contribution in [-0.4, -0.2) is 75.3 Å². The number of hydrogen-bond acceptors (Lipinski definition) is 7. The van der Waals surface area contributed by atoms with Crippen molar-refractivity contribution in [3.63, 3.8) is 0 Å². The number of aryl methyl sites for hydroxylation is 1. The zero-order valence-corrected chi connectivity index (χ0v) is 21.4. The minimum absolute atomic E-state index is 0.0418. The number of nitrogens with zero attached hydrogens (tertiary/aromatic N) is 7. The van der Waals surface area contributed by atoms with E-state index in [9.17, 15) is 9.18 Å². The molecule has 1 fully saturated rings.